The largest absolute Gasteiger partial charge is 0.494 e. The van der Waals surface area contributed by atoms with Crippen LogP contribution in [0, 0.1) is 6.92 Å². The zero-order valence-electron chi connectivity index (χ0n) is 16.4. The van der Waals surface area contributed by atoms with Crippen LogP contribution >= 0.6 is 23.1 Å². The fraction of sp³-hybridized carbons (Fsp3) is 0.350. The topological polar surface area (TPSA) is 69.0 Å². The first-order valence-electron chi connectivity index (χ1n) is 9.13. The Morgan fingerprint density at radius 2 is 2.04 bits per heavy atom. The zero-order valence-corrected chi connectivity index (χ0v) is 18.1. The Morgan fingerprint density at radius 3 is 2.64 bits per heavy atom. The van der Waals surface area contributed by atoms with Gasteiger partial charge in [-0.1, -0.05) is 11.8 Å². The third-order valence-corrected chi connectivity index (χ3v) is 5.76. The monoisotopic (exact) mass is 416 g/mol. The number of aryl methyl sites for hydroxylation is 1. The van der Waals surface area contributed by atoms with Crippen LogP contribution in [-0.2, 0) is 4.79 Å². The number of thiophene rings is 1. The number of thioether (sulfide) groups is 1. The highest BCUT2D eigenvalue weighted by Crippen LogP contribution is 2.30. The van der Waals surface area contributed by atoms with Gasteiger partial charge in [0.15, 0.2) is 11.0 Å². The highest BCUT2D eigenvalue weighted by molar-refractivity contribution is 7.99. The number of hydrogen-bond acceptors (Lipinski definition) is 6. The van der Waals surface area contributed by atoms with E-state index in [1.54, 1.807) is 11.3 Å². The SMILES string of the molecule is CCOc1ccc(NC(=O)CSc2nnc(-c3csc(C)c3)n2C(C)C)cc1. The predicted molar refractivity (Wildman–Crippen MR) is 115 cm³/mol. The summed E-state index contributed by atoms with van der Waals surface area (Å²) in [7, 11) is 0. The lowest BCUT2D eigenvalue weighted by Crippen LogP contribution is -2.15. The van der Waals surface area contributed by atoms with Crippen LogP contribution in [0.5, 0.6) is 5.75 Å². The number of hydrogen-bond donors (Lipinski definition) is 1. The van der Waals surface area contributed by atoms with Crippen molar-refractivity contribution in [1.82, 2.24) is 14.8 Å². The molecule has 2 aromatic heterocycles. The summed E-state index contributed by atoms with van der Waals surface area (Å²) < 4.78 is 7.49. The average molecular weight is 417 g/mol. The molecule has 0 atom stereocenters. The molecule has 1 N–H and O–H groups in total. The Balaban J connectivity index is 1.65. The molecule has 0 radical (unpaired) electrons. The van der Waals surface area contributed by atoms with Gasteiger partial charge in [-0.25, -0.2) is 0 Å². The molecular weight excluding hydrogens is 392 g/mol. The molecule has 148 valence electrons. The Morgan fingerprint density at radius 1 is 1.29 bits per heavy atom. The van der Waals surface area contributed by atoms with Crippen LogP contribution in [0.15, 0.2) is 40.9 Å². The molecule has 2 heterocycles. The lowest BCUT2D eigenvalue weighted by molar-refractivity contribution is -0.113. The van der Waals surface area contributed by atoms with Crippen molar-refractivity contribution in [3.05, 3.63) is 40.6 Å². The Hall–Kier alpha value is -2.32. The predicted octanol–water partition coefficient (Wildman–Crippen LogP) is 5.03. The number of rotatable bonds is 8. The quantitative estimate of drug-likeness (QED) is 0.522. The molecule has 0 spiro atoms. The number of anilines is 1. The number of benzene rings is 1. The Bertz CT molecular complexity index is 932. The molecule has 3 rings (SSSR count). The molecule has 3 aromatic rings. The number of ether oxygens (including phenoxy) is 1. The summed E-state index contributed by atoms with van der Waals surface area (Å²) in [6.07, 6.45) is 0. The number of carbonyl (C=O) groups is 1. The molecule has 0 saturated heterocycles. The van der Waals surface area contributed by atoms with E-state index < -0.39 is 0 Å². The fourth-order valence-electron chi connectivity index (χ4n) is 2.73. The summed E-state index contributed by atoms with van der Waals surface area (Å²) in [6.45, 7) is 8.82. The van der Waals surface area contributed by atoms with Crippen molar-refractivity contribution in [3.8, 4) is 17.1 Å². The molecule has 0 bridgehead atoms. The molecule has 0 aliphatic carbocycles. The molecule has 6 nitrogen and oxygen atoms in total. The summed E-state index contributed by atoms with van der Waals surface area (Å²) in [6, 6.07) is 9.66. The van der Waals surface area contributed by atoms with Crippen LogP contribution in [0.1, 0.15) is 31.7 Å². The fourth-order valence-corrected chi connectivity index (χ4v) is 4.28. The normalized spacial score (nSPS) is 11.0. The second-order valence-corrected chi connectivity index (χ2v) is 8.57. The number of carbonyl (C=O) groups excluding carboxylic acids is 1. The van der Waals surface area contributed by atoms with Gasteiger partial charge in [0.05, 0.1) is 12.4 Å². The number of amides is 1. The Kier molecular flexibility index (Phi) is 6.74. The molecule has 1 amide bonds. The number of nitrogens with zero attached hydrogens (tertiary/aromatic N) is 3. The number of nitrogens with one attached hydrogen (secondary N) is 1. The van der Waals surface area contributed by atoms with Gasteiger partial charge >= 0.3 is 0 Å². The summed E-state index contributed by atoms with van der Waals surface area (Å²) >= 11 is 3.08. The van der Waals surface area contributed by atoms with Crippen LogP contribution in [-0.4, -0.2) is 33.0 Å². The van der Waals surface area contributed by atoms with Crippen LogP contribution in [0.2, 0.25) is 0 Å². The van der Waals surface area contributed by atoms with E-state index in [4.69, 9.17) is 4.74 Å². The van der Waals surface area contributed by atoms with E-state index in [-0.39, 0.29) is 17.7 Å². The van der Waals surface area contributed by atoms with Crippen molar-refractivity contribution in [2.75, 3.05) is 17.7 Å². The minimum absolute atomic E-state index is 0.0830. The maximum absolute atomic E-state index is 12.3. The lowest BCUT2D eigenvalue weighted by Gasteiger charge is -2.13. The van der Waals surface area contributed by atoms with Gasteiger partial charge in [0, 0.05) is 27.5 Å². The molecule has 0 saturated carbocycles. The zero-order chi connectivity index (χ0) is 20.1. The van der Waals surface area contributed by atoms with E-state index in [2.05, 4.69) is 52.3 Å². The maximum Gasteiger partial charge on any atom is 0.234 e. The van der Waals surface area contributed by atoms with Crippen molar-refractivity contribution in [3.63, 3.8) is 0 Å². The average Bonchev–Trinajstić information content (AvgIpc) is 3.28. The van der Waals surface area contributed by atoms with Gasteiger partial charge in [0.1, 0.15) is 5.75 Å². The smallest absolute Gasteiger partial charge is 0.234 e. The molecule has 0 unspecified atom stereocenters. The van der Waals surface area contributed by atoms with Gasteiger partial charge in [-0.05, 0) is 58.0 Å². The third kappa shape index (κ3) is 4.94. The van der Waals surface area contributed by atoms with Crippen molar-refractivity contribution in [2.45, 2.75) is 38.9 Å². The van der Waals surface area contributed by atoms with Gasteiger partial charge < -0.3 is 10.1 Å². The van der Waals surface area contributed by atoms with E-state index in [1.165, 1.54) is 16.6 Å². The summed E-state index contributed by atoms with van der Waals surface area (Å²) in [5, 5.41) is 14.4. The van der Waals surface area contributed by atoms with E-state index >= 15 is 0 Å². The minimum atomic E-state index is -0.0830. The highest BCUT2D eigenvalue weighted by Gasteiger charge is 2.18. The van der Waals surface area contributed by atoms with Crippen molar-refractivity contribution < 1.29 is 9.53 Å². The first-order chi connectivity index (χ1) is 13.5. The maximum atomic E-state index is 12.3. The molecule has 28 heavy (non-hydrogen) atoms. The first kappa shape index (κ1) is 20.4. The van der Waals surface area contributed by atoms with Crippen LogP contribution in [0.3, 0.4) is 0 Å². The third-order valence-electron chi connectivity index (χ3n) is 3.95. The molecule has 0 aliphatic rings. The number of aromatic nitrogens is 3. The molecule has 1 aromatic carbocycles. The molecule has 0 fully saturated rings. The molecule has 8 heteroatoms. The van der Waals surface area contributed by atoms with Gasteiger partial charge in [-0.2, -0.15) is 0 Å². The van der Waals surface area contributed by atoms with Gasteiger partial charge in [0.2, 0.25) is 5.91 Å². The first-order valence-corrected chi connectivity index (χ1v) is 11.0. The lowest BCUT2D eigenvalue weighted by atomic mass is 10.3. The van der Waals surface area contributed by atoms with Crippen LogP contribution in [0.25, 0.3) is 11.4 Å². The van der Waals surface area contributed by atoms with E-state index in [9.17, 15) is 4.79 Å². The summed E-state index contributed by atoms with van der Waals surface area (Å²) in [5.41, 5.74) is 1.81. The van der Waals surface area contributed by atoms with Crippen LogP contribution in [0.4, 0.5) is 5.69 Å². The van der Waals surface area contributed by atoms with E-state index in [1.807, 2.05) is 31.2 Å². The Labute approximate surface area is 173 Å². The summed E-state index contributed by atoms with van der Waals surface area (Å²) in [4.78, 5) is 13.6. The van der Waals surface area contributed by atoms with Gasteiger partial charge in [-0.15, -0.1) is 21.5 Å². The molecule has 0 aliphatic heterocycles. The highest BCUT2D eigenvalue weighted by atomic mass is 32.2. The van der Waals surface area contributed by atoms with Gasteiger partial charge in [0.25, 0.3) is 0 Å². The van der Waals surface area contributed by atoms with Crippen LogP contribution < -0.4 is 10.1 Å². The van der Waals surface area contributed by atoms with Crippen molar-refractivity contribution in [1.29, 1.82) is 0 Å². The second kappa shape index (κ2) is 9.25. The summed E-state index contributed by atoms with van der Waals surface area (Å²) in [5.74, 6) is 1.81. The van der Waals surface area contributed by atoms with Crippen molar-refractivity contribution >= 4 is 34.7 Å². The standard InChI is InChI=1S/C20H24N4O2S2/c1-5-26-17-8-6-16(7-9-17)21-18(25)12-28-20-23-22-19(24(20)13(2)3)15-10-14(4)27-11-15/h6-11,13H,5,12H2,1-4H3,(H,21,25). The van der Waals surface area contributed by atoms with E-state index in [0.717, 1.165) is 28.0 Å². The van der Waals surface area contributed by atoms with Crippen molar-refractivity contribution in [2.24, 2.45) is 0 Å². The van der Waals surface area contributed by atoms with E-state index in [0.29, 0.717) is 6.61 Å². The van der Waals surface area contributed by atoms with Gasteiger partial charge in [-0.3, -0.25) is 9.36 Å². The molecular formula is C20H24N4O2S2. The minimum Gasteiger partial charge on any atom is -0.494 e. The second-order valence-electron chi connectivity index (χ2n) is 6.51.